The standard InChI is InChI=1S/C26H34N4O/c1-2-10-28-25(27)29-24(31)17-30-22(21-6-4-3-5-7-21)8-9-23(30)26-14-18-11-19(15-26)13-20(12-18)16-26/h3-9,18-20H,2,10-17H2,1H3,(H3,27,28,29,31). The second-order valence-electron chi connectivity index (χ2n) is 10.1. The van der Waals surface area contributed by atoms with Gasteiger partial charge in [0.1, 0.15) is 6.54 Å². The van der Waals surface area contributed by atoms with E-state index in [4.69, 9.17) is 5.73 Å². The molecule has 4 aliphatic carbocycles. The zero-order valence-corrected chi connectivity index (χ0v) is 18.5. The molecular formula is C26H34N4O. The minimum Gasteiger partial charge on any atom is -0.370 e. The Balaban J connectivity index is 1.51. The third-order valence-electron chi connectivity index (χ3n) is 7.73. The van der Waals surface area contributed by atoms with Crippen molar-refractivity contribution in [2.24, 2.45) is 28.5 Å². The molecule has 0 unspecified atom stereocenters. The van der Waals surface area contributed by atoms with Crippen LogP contribution in [0.25, 0.3) is 11.3 Å². The van der Waals surface area contributed by atoms with Crippen molar-refractivity contribution in [3.05, 3.63) is 48.2 Å². The van der Waals surface area contributed by atoms with E-state index in [-0.39, 0.29) is 23.8 Å². The van der Waals surface area contributed by atoms with Gasteiger partial charge in [0.15, 0.2) is 5.96 Å². The minimum absolute atomic E-state index is 0.194. The summed E-state index contributed by atoms with van der Waals surface area (Å²) >= 11 is 0. The molecule has 1 aromatic heterocycles. The maximum Gasteiger partial charge on any atom is 0.268 e. The number of benzene rings is 1. The Morgan fingerprint density at radius 3 is 2.32 bits per heavy atom. The predicted octanol–water partition coefficient (Wildman–Crippen LogP) is 4.46. The lowest BCUT2D eigenvalue weighted by atomic mass is 9.49. The SMILES string of the molecule is CCCN/C(N)=N\C(=O)Cn1c(-c2ccccc2)ccc1C12CC3CC(CC(C3)C1)C2. The summed E-state index contributed by atoms with van der Waals surface area (Å²) in [5.41, 5.74) is 9.75. The van der Waals surface area contributed by atoms with E-state index in [0.29, 0.717) is 0 Å². The van der Waals surface area contributed by atoms with Crippen LogP contribution in [0.15, 0.2) is 47.5 Å². The van der Waals surface area contributed by atoms with Gasteiger partial charge in [0.2, 0.25) is 0 Å². The summed E-state index contributed by atoms with van der Waals surface area (Å²) in [5.74, 6) is 2.60. The number of nitrogens with zero attached hydrogens (tertiary/aromatic N) is 2. The summed E-state index contributed by atoms with van der Waals surface area (Å²) in [6, 6.07) is 14.9. The molecule has 0 aliphatic heterocycles. The van der Waals surface area contributed by atoms with Crippen LogP contribution in [0.3, 0.4) is 0 Å². The monoisotopic (exact) mass is 418 g/mol. The van der Waals surface area contributed by atoms with Crippen LogP contribution in [-0.4, -0.2) is 23.0 Å². The average molecular weight is 419 g/mol. The highest BCUT2D eigenvalue weighted by molar-refractivity contribution is 5.92. The number of nitrogens with one attached hydrogen (secondary N) is 1. The smallest absolute Gasteiger partial charge is 0.268 e. The van der Waals surface area contributed by atoms with Crippen LogP contribution in [0.2, 0.25) is 0 Å². The van der Waals surface area contributed by atoms with Gasteiger partial charge in [-0.25, -0.2) is 0 Å². The van der Waals surface area contributed by atoms with Crippen LogP contribution in [-0.2, 0) is 16.8 Å². The third kappa shape index (κ3) is 3.90. The number of amides is 1. The summed E-state index contributed by atoms with van der Waals surface area (Å²) in [5, 5.41) is 3.01. The van der Waals surface area contributed by atoms with E-state index >= 15 is 0 Å². The van der Waals surface area contributed by atoms with Crippen molar-refractivity contribution in [1.82, 2.24) is 9.88 Å². The first-order valence-corrected chi connectivity index (χ1v) is 11.9. The average Bonchev–Trinajstić information content (AvgIpc) is 3.16. The molecular weight excluding hydrogens is 384 g/mol. The van der Waals surface area contributed by atoms with E-state index in [1.54, 1.807) is 0 Å². The molecule has 5 nitrogen and oxygen atoms in total. The third-order valence-corrected chi connectivity index (χ3v) is 7.73. The highest BCUT2D eigenvalue weighted by Gasteiger charge is 2.52. The number of aromatic nitrogens is 1. The molecule has 1 amide bonds. The van der Waals surface area contributed by atoms with Crippen molar-refractivity contribution in [3.63, 3.8) is 0 Å². The number of carbonyl (C=O) groups excluding carboxylic acids is 1. The molecule has 0 radical (unpaired) electrons. The first-order valence-electron chi connectivity index (χ1n) is 11.9. The van der Waals surface area contributed by atoms with Gasteiger partial charge in [0.25, 0.3) is 5.91 Å². The van der Waals surface area contributed by atoms with Gasteiger partial charge < -0.3 is 15.6 Å². The fourth-order valence-corrected chi connectivity index (χ4v) is 6.98. The maximum absolute atomic E-state index is 12.9. The molecule has 0 spiro atoms. The number of aliphatic imine (C=N–C) groups is 1. The van der Waals surface area contributed by atoms with E-state index in [2.05, 4.69) is 58.2 Å². The molecule has 4 bridgehead atoms. The molecule has 0 atom stereocenters. The molecule has 4 fully saturated rings. The Hall–Kier alpha value is -2.56. The zero-order chi connectivity index (χ0) is 21.4. The molecule has 31 heavy (non-hydrogen) atoms. The van der Waals surface area contributed by atoms with Gasteiger partial charge >= 0.3 is 0 Å². The molecule has 2 aromatic rings. The molecule has 1 aromatic carbocycles. The fraction of sp³-hybridized carbons (Fsp3) is 0.538. The minimum atomic E-state index is -0.194. The van der Waals surface area contributed by atoms with Crippen LogP contribution in [0.5, 0.6) is 0 Å². The summed E-state index contributed by atoms with van der Waals surface area (Å²) in [7, 11) is 0. The molecule has 4 saturated carbocycles. The Bertz CT molecular complexity index is 939. The molecule has 4 aliphatic rings. The van der Waals surface area contributed by atoms with E-state index in [1.165, 1.54) is 44.2 Å². The van der Waals surface area contributed by atoms with Gasteiger partial charge in [-0.3, -0.25) is 4.79 Å². The summed E-state index contributed by atoms with van der Waals surface area (Å²) in [4.78, 5) is 17.1. The number of rotatable bonds is 6. The van der Waals surface area contributed by atoms with Crippen molar-refractivity contribution in [2.75, 3.05) is 6.54 Å². The van der Waals surface area contributed by atoms with E-state index in [1.807, 2.05) is 6.07 Å². The van der Waals surface area contributed by atoms with E-state index < -0.39 is 0 Å². The highest BCUT2D eigenvalue weighted by Crippen LogP contribution is 2.61. The Kier molecular flexibility index (Phi) is 5.37. The van der Waals surface area contributed by atoms with Crippen LogP contribution in [0.1, 0.15) is 57.6 Å². The van der Waals surface area contributed by atoms with Gasteiger partial charge in [-0.15, -0.1) is 0 Å². The molecule has 3 N–H and O–H groups in total. The number of hydrogen-bond acceptors (Lipinski definition) is 1. The zero-order valence-electron chi connectivity index (χ0n) is 18.5. The number of carbonyl (C=O) groups is 1. The maximum atomic E-state index is 12.9. The molecule has 164 valence electrons. The topological polar surface area (TPSA) is 72.4 Å². The van der Waals surface area contributed by atoms with Crippen molar-refractivity contribution < 1.29 is 4.79 Å². The summed E-state index contributed by atoms with van der Waals surface area (Å²) in [6.07, 6.45) is 8.99. The van der Waals surface area contributed by atoms with Crippen molar-refractivity contribution in [1.29, 1.82) is 0 Å². The van der Waals surface area contributed by atoms with E-state index in [0.717, 1.165) is 42.0 Å². The van der Waals surface area contributed by atoms with Gasteiger partial charge in [-0.1, -0.05) is 37.3 Å². The Labute approximate surface area is 185 Å². The van der Waals surface area contributed by atoms with Crippen LogP contribution in [0.4, 0.5) is 0 Å². The number of nitrogens with two attached hydrogens (primary N) is 1. The number of hydrogen-bond donors (Lipinski definition) is 2. The summed E-state index contributed by atoms with van der Waals surface area (Å²) in [6.45, 7) is 3.02. The van der Waals surface area contributed by atoms with Crippen LogP contribution < -0.4 is 11.1 Å². The van der Waals surface area contributed by atoms with Crippen LogP contribution >= 0.6 is 0 Å². The first-order chi connectivity index (χ1) is 15.1. The Morgan fingerprint density at radius 2 is 1.71 bits per heavy atom. The van der Waals surface area contributed by atoms with Gasteiger partial charge in [0.05, 0.1) is 0 Å². The molecule has 0 saturated heterocycles. The normalized spacial score (nSPS) is 29.3. The highest BCUT2D eigenvalue weighted by atomic mass is 16.1. The quantitative estimate of drug-likeness (QED) is 0.537. The first kappa shape index (κ1) is 20.3. The van der Waals surface area contributed by atoms with Crippen LogP contribution in [0, 0.1) is 17.8 Å². The van der Waals surface area contributed by atoms with Crippen molar-refractivity contribution >= 4 is 11.9 Å². The second kappa shape index (κ2) is 8.18. The Morgan fingerprint density at radius 1 is 1.06 bits per heavy atom. The lowest BCUT2D eigenvalue weighted by molar-refractivity contribution is -0.118. The van der Waals surface area contributed by atoms with Crippen molar-refractivity contribution in [2.45, 2.75) is 63.8 Å². The fourth-order valence-electron chi connectivity index (χ4n) is 6.98. The van der Waals surface area contributed by atoms with Crippen molar-refractivity contribution in [3.8, 4) is 11.3 Å². The lowest BCUT2D eigenvalue weighted by Gasteiger charge is -2.57. The predicted molar refractivity (Wildman–Crippen MR) is 125 cm³/mol. The lowest BCUT2D eigenvalue weighted by Crippen LogP contribution is -2.49. The van der Waals surface area contributed by atoms with Gasteiger partial charge in [-0.2, -0.15) is 4.99 Å². The second-order valence-corrected chi connectivity index (χ2v) is 10.1. The van der Waals surface area contributed by atoms with Gasteiger partial charge in [-0.05, 0) is 80.4 Å². The number of guanidine groups is 1. The largest absolute Gasteiger partial charge is 0.370 e. The van der Waals surface area contributed by atoms with E-state index in [9.17, 15) is 4.79 Å². The molecule has 1 heterocycles. The summed E-state index contributed by atoms with van der Waals surface area (Å²) < 4.78 is 2.25. The van der Waals surface area contributed by atoms with Gasteiger partial charge in [0, 0.05) is 23.3 Å². The molecule has 5 heteroatoms. The molecule has 6 rings (SSSR count).